The Hall–Kier alpha value is -0.650. The summed E-state index contributed by atoms with van der Waals surface area (Å²) >= 11 is 0. The van der Waals surface area contributed by atoms with Gasteiger partial charge in [0.25, 0.3) is 0 Å². The summed E-state index contributed by atoms with van der Waals surface area (Å²) in [7, 11) is 3.60. The van der Waals surface area contributed by atoms with E-state index in [0.717, 1.165) is 19.1 Å². The number of hydrogen-bond acceptors (Lipinski definition) is 5. The van der Waals surface area contributed by atoms with E-state index in [1.807, 2.05) is 0 Å². The van der Waals surface area contributed by atoms with Crippen LogP contribution < -0.4 is 5.73 Å². The molecule has 17 heavy (non-hydrogen) atoms. The minimum absolute atomic E-state index is 0.312. The highest BCUT2D eigenvalue weighted by Gasteiger charge is 2.35. The minimum atomic E-state index is -0.512. The van der Waals surface area contributed by atoms with Crippen LogP contribution in [-0.4, -0.2) is 67.7 Å². The van der Waals surface area contributed by atoms with Crippen LogP contribution in [0.25, 0.3) is 0 Å². The van der Waals surface area contributed by atoms with Crippen molar-refractivity contribution in [1.82, 2.24) is 9.80 Å². The van der Waals surface area contributed by atoms with Crippen LogP contribution in [0.4, 0.5) is 0 Å². The summed E-state index contributed by atoms with van der Waals surface area (Å²) in [4.78, 5) is 16.1. The number of nitrogens with zero attached hydrogens (tertiary/aromatic N) is 2. The maximum absolute atomic E-state index is 11.3. The molecule has 2 heterocycles. The molecule has 2 fully saturated rings. The van der Waals surface area contributed by atoms with Gasteiger partial charge in [-0.25, -0.2) is 0 Å². The van der Waals surface area contributed by atoms with Crippen LogP contribution in [0.1, 0.15) is 19.3 Å². The molecule has 5 nitrogen and oxygen atoms in total. The predicted molar refractivity (Wildman–Crippen MR) is 65.6 cm³/mol. The molecule has 2 N–H and O–H groups in total. The molecular formula is C12H23N3O2. The van der Waals surface area contributed by atoms with Crippen LogP contribution in [0.2, 0.25) is 0 Å². The van der Waals surface area contributed by atoms with E-state index in [1.165, 1.54) is 26.4 Å². The quantitative estimate of drug-likeness (QED) is 0.685. The summed E-state index contributed by atoms with van der Waals surface area (Å²) in [6.45, 7) is 2.68. The van der Waals surface area contributed by atoms with Crippen LogP contribution in [-0.2, 0) is 9.53 Å². The maximum atomic E-state index is 11.3. The smallest absolute Gasteiger partial charge is 0.323 e. The van der Waals surface area contributed by atoms with Gasteiger partial charge < -0.3 is 10.5 Å². The number of carbonyl (C=O) groups is 1. The zero-order valence-corrected chi connectivity index (χ0v) is 10.8. The Morgan fingerprint density at radius 1 is 1.41 bits per heavy atom. The molecule has 0 aromatic rings. The third-order valence-electron chi connectivity index (χ3n) is 4.19. The fraction of sp³-hybridized carbons (Fsp3) is 0.917. The van der Waals surface area contributed by atoms with Crippen LogP contribution in [0, 0.1) is 0 Å². The first-order valence-electron chi connectivity index (χ1n) is 6.39. The molecular weight excluding hydrogens is 218 g/mol. The van der Waals surface area contributed by atoms with Crippen LogP contribution >= 0.6 is 0 Å². The van der Waals surface area contributed by atoms with Crippen LogP contribution in [0.15, 0.2) is 0 Å². The molecule has 98 valence electrons. The van der Waals surface area contributed by atoms with Crippen molar-refractivity contribution in [2.24, 2.45) is 5.73 Å². The Balaban J connectivity index is 1.89. The third kappa shape index (κ3) is 2.78. The van der Waals surface area contributed by atoms with E-state index in [4.69, 9.17) is 5.73 Å². The van der Waals surface area contributed by atoms with Crippen molar-refractivity contribution in [3.8, 4) is 0 Å². The van der Waals surface area contributed by atoms with Crippen molar-refractivity contribution in [3.63, 3.8) is 0 Å². The molecule has 5 heteroatoms. The molecule has 3 unspecified atom stereocenters. The van der Waals surface area contributed by atoms with Gasteiger partial charge in [-0.3, -0.25) is 14.6 Å². The summed E-state index contributed by atoms with van der Waals surface area (Å²) in [5, 5.41) is 0. The number of likely N-dealkylation sites (tertiary alicyclic amines) is 1. The number of ether oxygens (including phenoxy) is 1. The van der Waals surface area contributed by atoms with Gasteiger partial charge in [0.2, 0.25) is 0 Å². The number of methoxy groups -OCH3 is 1. The summed E-state index contributed by atoms with van der Waals surface area (Å²) in [6.07, 6.45) is 3.77. The zero-order valence-electron chi connectivity index (χ0n) is 10.8. The Labute approximate surface area is 103 Å². The van der Waals surface area contributed by atoms with Gasteiger partial charge in [0.15, 0.2) is 0 Å². The number of rotatable bonds is 3. The van der Waals surface area contributed by atoms with E-state index in [2.05, 4.69) is 21.6 Å². The molecule has 0 aromatic heterocycles. The molecule has 2 aliphatic rings. The Kier molecular flexibility index (Phi) is 4.01. The molecule has 0 aromatic carbocycles. The summed E-state index contributed by atoms with van der Waals surface area (Å²) in [5.41, 5.74) is 5.81. The highest BCUT2D eigenvalue weighted by molar-refractivity contribution is 5.75. The number of carbonyl (C=O) groups excluding carboxylic acids is 1. The fourth-order valence-electron chi connectivity index (χ4n) is 3.05. The van der Waals surface area contributed by atoms with E-state index in [-0.39, 0.29) is 5.97 Å². The SMILES string of the molecule is COC(=O)C(N)CN1CCC2CCC(C1)N2C. The second-order valence-corrected chi connectivity index (χ2v) is 5.23. The summed E-state index contributed by atoms with van der Waals surface area (Å²) in [5.74, 6) is -0.312. The number of hydrogen-bond donors (Lipinski definition) is 1. The first kappa shape index (κ1) is 12.8. The second-order valence-electron chi connectivity index (χ2n) is 5.23. The topological polar surface area (TPSA) is 58.8 Å². The molecule has 0 spiro atoms. The monoisotopic (exact) mass is 241 g/mol. The van der Waals surface area contributed by atoms with E-state index in [0.29, 0.717) is 12.6 Å². The minimum Gasteiger partial charge on any atom is -0.468 e. The molecule has 3 atom stereocenters. The molecule has 0 amide bonds. The first-order valence-corrected chi connectivity index (χ1v) is 6.39. The van der Waals surface area contributed by atoms with Crippen molar-refractivity contribution in [2.45, 2.75) is 37.4 Å². The average molecular weight is 241 g/mol. The fourth-order valence-corrected chi connectivity index (χ4v) is 3.05. The molecule has 2 rings (SSSR count). The summed E-state index contributed by atoms with van der Waals surface area (Å²) in [6, 6.07) is 0.841. The average Bonchev–Trinajstić information content (AvgIpc) is 2.56. The Morgan fingerprint density at radius 2 is 2.12 bits per heavy atom. The van der Waals surface area contributed by atoms with Crippen LogP contribution in [0.3, 0.4) is 0 Å². The lowest BCUT2D eigenvalue weighted by Crippen LogP contribution is -2.46. The normalized spacial score (nSPS) is 32.2. The number of likely N-dealkylation sites (N-methyl/N-ethyl adjacent to an activating group) is 1. The van der Waals surface area contributed by atoms with Gasteiger partial charge >= 0.3 is 5.97 Å². The van der Waals surface area contributed by atoms with Crippen molar-refractivity contribution in [2.75, 3.05) is 33.8 Å². The van der Waals surface area contributed by atoms with Crippen molar-refractivity contribution in [1.29, 1.82) is 0 Å². The highest BCUT2D eigenvalue weighted by Crippen LogP contribution is 2.28. The van der Waals surface area contributed by atoms with Gasteiger partial charge in [-0.1, -0.05) is 0 Å². The highest BCUT2D eigenvalue weighted by atomic mass is 16.5. The van der Waals surface area contributed by atoms with Gasteiger partial charge in [0.1, 0.15) is 6.04 Å². The number of esters is 1. The van der Waals surface area contributed by atoms with Crippen LogP contribution in [0.5, 0.6) is 0 Å². The largest absolute Gasteiger partial charge is 0.468 e. The van der Waals surface area contributed by atoms with Gasteiger partial charge in [-0.15, -0.1) is 0 Å². The lowest BCUT2D eigenvalue weighted by molar-refractivity contribution is -0.142. The molecule has 2 saturated heterocycles. The maximum Gasteiger partial charge on any atom is 0.323 e. The molecule has 0 radical (unpaired) electrons. The van der Waals surface area contributed by atoms with E-state index >= 15 is 0 Å². The lowest BCUT2D eigenvalue weighted by Gasteiger charge is -2.27. The molecule has 0 aliphatic carbocycles. The van der Waals surface area contributed by atoms with Gasteiger partial charge in [-0.2, -0.15) is 0 Å². The van der Waals surface area contributed by atoms with Gasteiger partial charge in [-0.05, 0) is 32.9 Å². The van der Waals surface area contributed by atoms with E-state index in [1.54, 1.807) is 0 Å². The first-order chi connectivity index (χ1) is 8.11. The lowest BCUT2D eigenvalue weighted by atomic mass is 10.1. The Morgan fingerprint density at radius 3 is 2.82 bits per heavy atom. The van der Waals surface area contributed by atoms with E-state index < -0.39 is 6.04 Å². The molecule has 2 aliphatic heterocycles. The Bertz CT molecular complexity index is 285. The molecule has 0 saturated carbocycles. The van der Waals surface area contributed by atoms with Crippen molar-refractivity contribution < 1.29 is 9.53 Å². The van der Waals surface area contributed by atoms with Gasteiger partial charge in [0.05, 0.1) is 7.11 Å². The molecule has 2 bridgehead atoms. The number of fused-ring (bicyclic) bond motifs is 2. The summed E-state index contributed by atoms with van der Waals surface area (Å²) < 4.78 is 4.67. The second kappa shape index (κ2) is 5.33. The van der Waals surface area contributed by atoms with Crippen molar-refractivity contribution >= 4 is 5.97 Å². The van der Waals surface area contributed by atoms with Gasteiger partial charge in [0, 0.05) is 25.2 Å². The van der Waals surface area contributed by atoms with E-state index in [9.17, 15) is 4.79 Å². The zero-order chi connectivity index (χ0) is 12.4. The third-order valence-corrected chi connectivity index (χ3v) is 4.19. The standard InChI is InChI=1S/C12H23N3O2/c1-14-9-3-4-10(14)7-15(6-5-9)8-11(13)12(16)17-2/h9-11H,3-8,13H2,1-2H3. The van der Waals surface area contributed by atoms with Crippen molar-refractivity contribution in [3.05, 3.63) is 0 Å². The predicted octanol–water partition coefficient (Wildman–Crippen LogP) is -0.345. The number of nitrogens with two attached hydrogens (primary N) is 1.